The highest BCUT2D eigenvalue weighted by Crippen LogP contribution is 2.41. The number of carbonyl (C=O) groups is 2. The summed E-state index contributed by atoms with van der Waals surface area (Å²) in [5.41, 5.74) is 0.0532. The summed E-state index contributed by atoms with van der Waals surface area (Å²) in [5.74, 6) is 0.759. The fourth-order valence-corrected chi connectivity index (χ4v) is 4.56. The Morgan fingerprint density at radius 2 is 2.15 bits per heavy atom. The summed E-state index contributed by atoms with van der Waals surface area (Å²) in [4.78, 5) is 28.7. The molecule has 3 heterocycles. The van der Waals surface area contributed by atoms with Gasteiger partial charge in [0.05, 0.1) is 5.75 Å². The van der Waals surface area contributed by atoms with E-state index < -0.39 is 0 Å². The Balaban J connectivity index is 1.45. The molecule has 144 valence electrons. The van der Waals surface area contributed by atoms with Crippen LogP contribution in [-0.4, -0.2) is 82.0 Å². The molecule has 1 aromatic rings. The van der Waals surface area contributed by atoms with E-state index in [-0.39, 0.29) is 17.2 Å². The van der Waals surface area contributed by atoms with Crippen LogP contribution in [0.4, 0.5) is 0 Å². The van der Waals surface area contributed by atoms with Crippen LogP contribution >= 0.6 is 11.8 Å². The molecule has 9 heteroatoms. The van der Waals surface area contributed by atoms with E-state index in [0.717, 1.165) is 50.6 Å². The topological polar surface area (TPSA) is 80.6 Å². The number of ether oxygens (including phenoxy) is 1. The number of hydrogen-bond acceptors (Lipinski definition) is 6. The van der Waals surface area contributed by atoms with Crippen molar-refractivity contribution in [2.45, 2.75) is 30.8 Å². The summed E-state index contributed by atoms with van der Waals surface area (Å²) in [6, 6.07) is 0. The highest BCUT2D eigenvalue weighted by molar-refractivity contribution is 7.99. The van der Waals surface area contributed by atoms with E-state index in [2.05, 4.69) is 10.2 Å². The minimum absolute atomic E-state index is 0.0532. The zero-order valence-corrected chi connectivity index (χ0v) is 16.3. The molecule has 26 heavy (non-hydrogen) atoms. The van der Waals surface area contributed by atoms with Crippen molar-refractivity contribution in [2.24, 2.45) is 12.5 Å². The number of thioether (sulfide) groups is 1. The Kier molecular flexibility index (Phi) is 6.18. The van der Waals surface area contributed by atoms with E-state index in [1.165, 1.54) is 11.8 Å². The van der Waals surface area contributed by atoms with Gasteiger partial charge < -0.3 is 19.1 Å². The van der Waals surface area contributed by atoms with Crippen LogP contribution in [0.3, 0.4) is 0 Å². The standard InChI is InChI=1S/C17H27N5O3S/c1-20-13-18-19-16(20)26-11-15(24)21-7-4-17(5-8-21)10-14(23)22(12-17)6-3-9-25-2/h13H,3-12H2,1-2H3. The number of amides is 2. The largest absolute Gasteiger partial charge is 0.385 e. The van der Waals surface area contributed by atoms with Gasteiger partial charge in [-0.15, -0.1) is 10.2 Å². The first-order valence-corrected chi connectivity index (χ1v) is 10.0. The van der Waals surface area contributed by atoms with Gasteiger partial charge in [-0.2, -0.15) is 0 Å². The highest BCUT2D eigenvalue weighted by Gasteiger charge is 2.45. The maximum absolute atomic E-state index is 12.5. The molecule has 0 aliphatic carbocycles. The first-order chi connectivity index (χ1) is 12.5. The van der Waals surface area contributed by atoms with Crippen LogP contribution in [0.1, 0.15) is 25.7 Å². The van der Waals surface area contributed by atoms with Crippen molar-refractivity contribution in [2.75, 3.05) is 45.6 Å². The quantitative estimate of drug-likeness (QED) is 0.513. The predicted octanol–water partition coefficient (Wildman–Crippen LogP) is 0.785. The highest BCUT2D eigenvalue weighted by atomic mass is 32.2. The molecule has 0 unspecified atom stereocenters. The number of aromatic nitrogens is 3. The van der Waals surface area contributed by atoms with Gasteiger partial charge >= 0.3 is 0 Å². The molecule has 0 radical (unpaired) electrons. The van der Waals surface area contributed by atoms with Gasteiger partial charge in [-0.25, -0.2) is 0 Å². The molecule has 2 aliphatic heterocycles. The molecule has 3 rings (SSSR count). The Morgan fingerprint density at radius 1 is 1.38 bits per heavy atom. The normalized spacial score (nSPS) is 19.5. The van der Waals surface area contributed by atoms with Gasteiger partial charge in [-0.1, -0.05) is 11.8 Å². The molecule has 2 fully saturated rings. The molecule has 2 amide bonds. The Hall–Kier alpha value is -1.61. The van der Waals surface area contributed by atoms with E-state index in [9.17, 15) is 9.59 Å². The van der Waals surface area contributed by atoms with Crippen LogP contribution in [0, 0.1) is 5.41 Å². The molecular weight excluding hydrogens is 354 g/mol. The fraction of sp³-hybridized carbons (Fsp3) is 0.765. The molecule has 1 aromatic heterocycles. The van der Waals surface area contributed by atoms with Crippen molar-refractivity contribution in [1.82, 2.24) is 24.6 Å². The minimum atomic E-state index is 0.0532. The van der Waals surface area contributed by atoms with E-state index in [1.54, 1.807) is 13.4 Å². The minimum Gasteiger partial charge on any atom is -0.385 e. The van der Waals surface area contributed by atoms with Gasteiger partial charge in [0.25, 0.3) is 0 Å². The molecule has 1 spiro atoms. The average Bonchev–Trinajstić information content (AvgIpc) is 3.17. The molecule has 2 saturated heterocycles. The smallest absolute Gasteiger partial charge is 0.233 e. The SMILES string of the molecule is COCCCN1CC2(CCN(C(=O)CSc3nncn3C)CC2)CC1=O. The van der Waals surface area contributed by atoms with Gasteiger partial charge in [-0.3, -0.25) is 9.59 Å². The lowest BCUT2D eigenvalue weighted by Crippen LogP contribution is -2.45. The molecule has 2 aliphatic rings. The summed E-state index contributed by atoms with van der Waals surface area (Å²) < 4.78 is 6.89. The second kappa shape index (κ2) is 8.39. The molecule has 0 saturated carbocycles. The maximum atomic E-state index is 12.5. The first kappa shape index (κ1) is 19.2. The lowest BCUT2D eigenvalue weighted by Gasteiger charge is -2.38. The van der Waals surface area contributed by atoms with Gasteiger partial charge in [-0.05, 0) is 19.3 Å². The number of piperidine rings is 1. The maximum Gasteiger partial charge on any atom is 0.233 e. The van der Waals surface area contributed by atoms with E-state index in [4.69, 9.17) is 4.74 Å². The molecule has 0 atom stereocenters. The third-order valence-electron chi connectivity index (χ3n) is 5.35. The third kappa shape index (κ3) is 4.37. The summed E-state index contributed by atoms with van der Waals surface area (Å²) in [6.45, 7) is 3.74. The molecule has 8 nitrogen and oxygen atoms in total. The Morgan fingerprint density at radius 3 is 2.81 bits per heavy atom. The second-order valence-electron chi connectivity index (χ2n) is 7.23. The van der Waals surface area contributed by atoms with Crippen LogP contribution in [0.15, 0.2) is 11.5 Å². The number of rotatable bonds is 7. The predicted molar refractivity (Wildman–Crippen MR) is 97.7 cm³/mol. The van der Waals surface area contributed by atoms with Crippen molar-refractivity contribution in [1.29, 1.82) is 0 Å². The van der Waals surface area contributed by atoms with Crippen molar-refractivity contribution in [3.8, 4) is 0 Å². The monoisotopic (exact) mass is 381 g/mol. The van der Waals surface area contributed by atoms with Crippen LogP contribution in [0.2, 0.25) is 0 Å². The van der Waals surface area contributed by atoms with E-state index in [1.807, 2.05) is 21.4 Å². The van der Waals surface area contributed by atoms with E-state index >= 15 is 0 Å². The second-order valence-corrected chi connectivity index (χ2v) is 8.17. The fourth-order valence-electron chi connectivity index (χ4n) is 3.77. The molecule has 0 bridgehead atoms. The van der Waals surface area contributed by atoms with E-state index in [0.29, 0.717) is 18.8 Å². The third-order valence-corrected chi connectivity index (χ3v) is 6.37. The summed E-state index contributed by atoms with van der Waals surface area (Å²) in [6.07, 6.45) is 4.94. The molecular formula is C17H27N5O3S. The van der Waals surface area contributed by atoms with Crippen LogP contribution < -0.4 is 0 Å². The average molecular weight is 382 g/mol. The van der Waals surface area contributed by atoms with Crippen LogP contribution in [0.5, 0.6) is 0 Å². The summed E-state index contributed by atoms with van der Waals surface area (Å²) >= 11 is 1.42. The van der Waals surface area contributed by atoms with Crippen LogP contribution in [0.25, 0.3) is 0 Å². The number of nitrogens with zero attached hydrogens (tertiary/aromatic N) is 5. The van der Waals surface area contributed by atoms with Gasteiger partial charge in [0.2, 0.25) is 11.8 Å². The van der Waals surface area contributed by atoms with Gasteiger partial charge in [0.15, 0.2) is 5.16 Å². The van der Waals surface area contributed by atoms with Crippen molar-refractivity contribution >= 4 is 23.6 Å². The Labute approximate surface area is 158 Å². The van der Waals surface area contributed by atoms with Crippen molar-refractivity contribution < 1.29 is 14.3 Å². The number of hydrogen-bond donors (Lipinski definition) is 0. The number of aryl methyl sites for hydroxylation is 1. The molecule has 0 aromatic carbocycles. The first-order valence-electron chi connectivity index (χ1n) is 9.04. The van der Waals surface area contributed by atoms with Crippen LogP contribution in [-0.2, 0) is 21.4 Å². The van der Waals surface area contributed by atoms with Gasteiger partial charge in [0.1, 0.15) is 6.33 Å². The summed E-state index contributed by atoms with van der Waals surface area (Å²) in [5, 5.41) is 8.57. The van der Waals surface area contributed by atoms with Gasteiger partial charge in [0, 0.05) is 58.8 Å². The zero-order chi connectivity index (χ0) is 18.6. The number of likely N-dealkylation sites (tertiary alicyclic amines) is 2. The van der Waals surface area contributed by atoms with Crippen molar-refractivity contribution in [3.63, 3.8) is 0 Å². The number of methoxy groups -OCH3 is 1. The summed E-state index contributed by atoms with van der Waals surface area (Å²) in [7, 11) is 3.55. The zero-order valence-electron chi connectivity index (χ0n) is 15.5. The lowest BCUT2D eigenvalue weighted by molar-refractivity contribution is -0.130. The van der Waals surface area contributed by atoms with Crippen molar-refractivity contribution in [3.05, 3.63) is 6.33 Å². The number of carbonyl (C=O) groups excluding carboxylic acids is 2. The Bertz CT molecular complexity index is 642. The molecule has 0 N–H and O–H groups in total. The lowest BCUT2D eigenvalue weighted by atomic mass is 9.77.